The lowest BCUT2D eigenvalue weighted by atomic mass is 10.1. The second-order valence-electron chi connectivity index (χ2n) is 7.88. The van der Waals surface area contributed by atoms with Gasteiger partial charge in [-0.15, -0.1) is 11.3 Å². The van der Waals surface area contributed by atoms with Crippen molar-refractivity contribution in [1.82, 2.24) is 19.7 Å². The van der Waals surface area contributed by atoms with Gasteiger partial charge in [-0.2, -0.15) is 5.10 Å². The van der Waals surface area contributed by atoms with E-state index in [9.17, 15) is 13.6 Å². The van der Waals surface area contributed by atoms with Crippen molar-refractivity contribution in [3.63, 3.8) is 0 Å². The maximum atomic E-state index is 13.6. The molecule has 4 aromatic rings. The van der Waals surface area contributed by atoms with Crippen LogP contribution in [-0.4, -0.2) is 39.0 Å². The van der Waals surface area contributed by atoms with Gasteiger partial charge in [-0.25, -0.2) is 18.4 Å². The van der Waals surface area contributed by atoms with Crippen LogP contribution in [0.5, 0.6) is 0 Å². The number of carbonyl (C=O) groups is 1. The van der Waals surface area contributed by atoms with E-state index < -0.39 is 6.17 Å². The summed E-state index contributed by atoms with van der Waals surface area (Å²) in [6.07, 6.45) is 1.64. The van der Waals surface area contributed by atoms with Gasteiger partial charge in [-0.3, -0.25) is 9.69 Å². The van der Waals surface area contributed by atoms with Gasteiger partial charge in [0.2, 0.25) is 0 Å². The van der Waals surface area contributed by atoms with E-state index in [1.807, 2.05) is 6.07 Å². The Morgan fingerprint density at radius 3 is 2.27 bits per heavy atom. The van der Waals surface area contributed by atoms with E-state index in [0.29, 0.717) is 36.0 Å². The predicted molar refractivity (Wildman–Crippen MR) is 124 cm³/mol. The van der Waals surface area contributed by atoms with Crippen LogP contribution in [0.25, 0.3) is 22.5 Å². The zero-order valence-corrected chi connectivity index (χ0v) is 18.4. The van der Waals surface area contributed by atoms with Crippen LogP contribution in [0.1, 0.15) is 16.7 Å². The molecule has 3 heterocycles. The van der Waals surface area contributed by atoms with Crippen molar-refractivity contribution in [1.29, 1.82) is 0 Å². The number of halogens is 2. The minimum Gasteiger partial charge on any atom is -0.375 e. The first-order chi connectivity index (χ1) is 16.0. The van der Waals surface area contributed by atoms with E-state index in [1.165, 1.54) is 35.6 Å². The molecule has 0 spiro atoms. The van der Waals surface area contributed by atoms with Crippen molar-refractivity contribution in [3.05, 3.63) is 76.8 Å². The SMILES string of the molecule is Nc1nc2c(s1)CCN(C(C=O)n1nc(-c3ccc(F)cc3)cc1-c1ccc(F)cc1)CC2. The van der Waals surface area contributed by atoms with E-state index in [0.717, 1.165) is 34.4 Å². The summed E-state index contributed by atoms with van der Waals surface area (Å²) < 4.78 is 28.7. The van der Waals surface area contributed by atoms with Crippen molar-refractivity contribution in [2.75, 3.05) is 18.8 Å². The lowest BCUT2D eigenvalue weighted by Gasteiger charge is -2.27. The monoisotopic (exact) mass is 465 g/mol. The van der Waals surface area contributed by atoms with Crippen molar-refractivity contribution in [3.8, 4) is 22.5 Å². The van der Waals surface area contributed by atoms with Gasteiger partial charge < -0.3 is 5.73 Å². The van der Waals surface area contributed by atoms with Gasteiger partial charge in [0.1, 0.15) is 11.6 Å². The average molecular weight is 466 g/mol. The van der Waals surface area contributed by atoms with Gasteiger partial charge in [0.15, 0.2) is 17.6 Å². The highest BCUT2D eigenvalue weighted by atomic mass is 32.1. The van der Waals surface area contributed by atoms with E-state index in [-0.39, 0.29) is 11.6 Å². The largest absolute Gasteiger partial charge is 0.375 e. The molecule has 168 valence electrons. The van der Waals surface area contributed by atoms with Crippen molar-refractivity contribution in [2.45, 2.75) is 19.0 Å². The first kappa shape index (κ1) is 21.4. The Morgan fingerprint density at radius 2 is 1.61 bits per heavy atom. The summed E-state index contributed by atoms with van der Waals surface area (Å²) in [5.74, 6) is -0.685. The number of aldehydes is 1. The predicted octanol–water partition coefficient (Wildman–Crippen LogP) is 4.33. The van der Waals surface area contributed by atoms with Crippen LogP contribution in [-0.2, 0) is 17.6 Å². The van der Waals surface area contributed by atoms with Crippen molar-refractivity contribution < 1.29 is 13.6 Å². The topological polar surface area (TPSA) is 77.0 Å². The lowest BCUT2D eigenvalue weighted by Crippen LogP contribution is -2.36. The highest BCUT2D eigenvalue weighted by Gasteiger charge is 2.27. The number of thiazole rings is 1. The average Bonchev–Trinajstić information content (AvgIpc) is 3.35. The summed E-state index contributed by atoms with van der Waals surface area (Å²) in [6.45, 7) is 1.26. The smallest absolute Gasteiger partial charge is 0.180 e. The maximum absolute atomic E-state index is 13.6. The second kappa shape index (κ2) is 8.84. The van der Waals surface area contributed by atoms with E-state index in [1.54, 1.807) is 28.9 Å². The van der Waals surface area contributed by atoms with Crippen LogP contribution < -0.4 is 5.73 Å². The number of benzene rings is 2. The quantitative estimate of drug-likeness (QED) is 0.444. The molecule has 0 amide bonds. The van der Waals surface area contributed by atoms with E-state index >= 15 is 0 Å². The molecule has 6 nitrogen and oxygen atoms in total. The summed E-state index contributed by atoms with van der Waals surface area (Å²) in [6, 6.07) is 13.9. The molecule has 2 N–H and O–H groups in total. The Morgan fingerprint density at radius 1 is 0.970 bits per heavy atom. The molecular weight excluding hydrogens is 444 g/mol. The molecule has 0 saturated heterocycles. The van der Waals surface area contributed by atoms with Crippen molar-refractivity contribution in [2.24, 2.45) is 0 Å². The Balaban J connectivity index is 1.54. The standard InChI is InChI=1S/C24H21F2N5OS/c25-17-5-1-15(2-6-17)20-13-21(16-3-7-18(26)8-4-16)31(29-20)23(14-32)30-11-9-19-22(10-12-30)33-24(27)28-19/h1-8,13-14,23H,9-12H2,(H2,27,28). The number of nitrogen functional groups attached to an aromatic ring is 1. The van der Waals surface area contributed by atoms with Crippen LogP contribution in [0.2, 0.25) is 0 Å². The Kier molecular flexibility index (Phi) is 5.74. The third kappa shape index (κ3) is 4.29. The lowest BCUT2D eigenvalue weighted by molar-refractivity contribution is -0.115. The molecule has 5 rings (SSSR count). The minimum atomic E-state index is -0.661. The number of carbonyl (C=O) groups excluding carboxylic acids is 1. The highest BCUT2D eigenvalue weighted by Crippen LogP contribution is 2.31. The molecule has 33 heavy (non-hydrogen) atoms. The number of nitrogens with zero attached hydrogens (tertiary/aromatic N) is 4. The van der Waals surface area contributed by atoms with Crippen LogP contribution >= 0.6 is 11.3 Å². The van der Waals surface area contributed by atoms with Crippen LogP contribution in [0.4, 0.5) is 13.9 Å². The van der Waals surface area contributed by atoms with Crippen LogP contribution in [0.3, 0.4) is 0 Å². The van der Waals surface area contributed by atoms with Crippen LogP contribution in [0.15, 0.2) is 54.6 Å². The molecule has 0 bridgehead atoms. The number of aromatic nitrogens is 3. The first-order valence-corrected chi connectivity index (χ1v) is 11.4. The summed E-state index contributed by atoms with van der Waals surface area (Å²) in [7, 11) is 0. The molecule has 0 saturated carbocycles. The van der Waals surface area contributed by atoms with Gasteiger partial charge in [-0.1, -0.05) is 0 Å². The molecule has 1 atom stereocenters. The third-order valence-electron chi connectivity index (χ3n) is 5.82. The number of hydrogen-bond acceptors (Lipinski definition) is 6. The highest BCUT2D eigenvalue weighted by molar-refractivity contribution is 7.15. The number of hydrogen-bond donors (Lipinski definition) is 1. The fraction of sp³-hybridized carbons (Fsp3) is 0.208. The van der Waals surface area contributed by atoms with E-state index in [4.69, 9.17) is 10.8 Å². The second-order valence-corrected chi connectivity index (χ2v) is 9.00. The fourth-order valence-electron chi connectivity index (χ4n) is 4.16. The molecule has 0 aliphatic carbocycles. The van der Waals surface area contributed by atoms with Crippen LogP contribution in [0, 0.1) is 11.6 Å². The molecular formula is C24H21F2N5OS. The Labute approximate surface area is 193 Å². The molecule has 2 aromatic heterocycles. The van der Waals surface area contributed by atoms with Gasteiger partial charge in [-0.05, 0) is 61.0 Å². The Bertz CT molecular complexity index is 1260. The third-order valence-corrected chi connectivity index (χ3v) is 6.81. The van der Waals surface area contributed by atoms with Gasteiger partial charge in [0, 0.05) is 35.5 Å². The molecule has 9 heteroatoms. The summed E-state index contributed by atoms with van der Waals surface area (Å²) >= 11 is 1.49. The van der Waals surface area contributed by atoms with Gasteiger partial charge in [0.05, 0.1) is 17.1 Å². The van der Waals surface area contributed by atoms with E-state index in [2.05, 4.69) is 9.88 Å². The molecule has 1 aliphatic rings. The molecule has 2 aromatic carbocycles. The molecule has 0 fully saturated rings. The normalized spacial score (nSPS) is 15.1. The van der Waals surface area contributed by atoms with Gasteiger partial charge in [0.25, 0.3) is 0 Å². The Hall–Kier alpha value is -3.43. The molecule has 1 unspecified atom stereocenters. The first-order valence-electron chi connectivity index (χ1n) is 10.6. The number of rotatable bonds is 5. The molecule has 1 aliphatic heterocycles. The number of anilines is 1. The minimum absolute atomic E-state index is 0.339. The zero-order valence-electron chi connectivity index (χ0n) is 17.6. The molecule has 0 radical (unpaired) electrons. The fourth-order valence-corrected chi connectivity index (χ4v) is 5.02. The summed E-state index contributed by atoms with van der Waals surface area (Å²) in [4.78, 5) is 20.0. The summed E-state index contributed by atoms with van der Waals surface area (Å²) in [5.41, 5.74) is 9.57. The number of nitrogens with two attached hydrogens (primary N) is 1. The summed E-state index contributed by atoms with van der Waals surface area (Å²) in [5, 5.41) is 5.30. The maximum Gasteiger partial charge on any atom is 0.180 e. The zero-order chi connectivity index (χ0) is 22.9. The van der Waals surface area contributed by atoms with Gasteiger partial charge >= 0.3 is 0 Å². The van der Waals surface area contributed by atoms with Crippen molar-refractivity contribution >= 4 is 22.8 Å². The number of fused-ring (bicyclic) bond motifs is 1.